The average Bonchev–Trinajstić information content (AvgIpc) is 2.72. The molecule has 1 N–H and O–H groups in total. The number of para-hydroxylation sites is 1. The second kappa shape index (κ2) is 7.50. The smallest absolute Gasteiger partial charge is 0.331 e. The fourth-order valence-electron chi connectivity index (χ4n) is 3.96. The first-order chi connectivity index (χ1) is 14.0. The first kappa shape index (κ1) is 18.9. The Morgan fingerprint density at radius 2 is 1.97 bits per heavy atom. The van der Waals surface area contributed by atoms with Gasteiger partial charge >= 0.3 is 5.97 Å². The van der Waals surface area contributed by atoms with Crippen molar-refractivity contribution in [2.24, 2.45) is 0 Å². The Hall–Kier alpha value is -3.48. The Morgan fingerprint density at radius 1 is 1.17 bits per heavy atom. The Labute approximate surface area is 167 Å². The van der Waals surface area contributed by atoms with Gasteiger partial charge < -0.3 is 10.0 Å². The largest absolute Gasteiger partial charge is 0.479 e. The number of aliphatic carboxylic acids is 1. The van der Waals surface area contributed by atoms with Crippen molar-refractivity contribution in [2.45, 2.75) is 32.4 Å². The van der Waals surface area contributed by atoms with Crippen LogP contribution in [-0.4, -0.2) is 38.0 Å². The number of carbonyl (C=O) groups excluding carboxylic acids is 1. The normalized spacial score (nSPS) is 15.9. The second-order valence-corrected chi connectivity index (χ2v) is 7.24. The number of benzene rings is 2. The van der Waals surface area contributed by atoms with Crippen molar-refractivity contribution in [1.29, 1.82) is 0 Å². The highest BCUT2D eigenvalue weighted by molar-refractivity contribution is 5.85. The summed E-state index contributed by atoms with van der Waals surface area (Å²) in [4.78, 5) is 43.2. The van der Waals surface area contributed by atoms with Crippen molar-refractivity contribution in [3.05, 3.63) is 75.8 Å². The van der Waals surface area contributed by atoms with Crippen LogP contribution in [0.1, 0.15) is 29.2 Å². The zero-order valence-electron chi connectivity index (χ0n) is 16.0. The van der Waals surface area contributed by atoms with Crippen molar-refractivity contribution in [2.75, 3.05) is 6.54 Å². The first-order valence-corrected chi connectivity index (χ1v) is 9.52. The third-order valence-electron chi connectivity index (χ3n) is 5.46. The van der Waals surface area contributed by atoms with E-state index in [-0.39, 0.29) is 24.4 Å². The number of amides is 1. The number of hydrogen-bond acceptors (Lipinski definition) is 4. The molecule has 1 atom stereocenters. The average molecular weight is 391 g/mol. The molecule has 4 rings (SSSR count). The van der Waals surface area contributed by atoms with Gasteiger partial charge in [0, 0.05) is 19.5 Å². The van der Waals surface area contributed by atoms with E-state index in [1.165, 1.54) is 15.8 Å². The van der Waals surface area contributed by atoms with Crippen LogP contribution in [0.25, 0.3) is 10.9 Å². The lowest BCUT2D eigenvalue weighted by molar-refractivity contribution is -0.151. The molecule has 0 radical (unpaired) electrons. The number of hydrogen-bond donors (Lipinski definition) is 1. The van der Waals surface area contributed by atoms with Gasteiger partial charge in [0.2, 0.25) is 5.91 Å². The van der Waals surface area contributed by atoms with E-state index in [0.29, 0.717) is 29.4 Å². The minimum absolute atomic E-state index is 0.0326. The summed E-state index contributed by atoms with van der Waals surface area (Å²) < 4.78 is 1.41. The highest BCUT2D eigenvalue weighted by Gasteiger charge is 2.35. The Kier molecular flexibility index (Phi) is 4.88. The van der Waals surface area contributed by atoms with Crippen LogP contribution in [0.4, 0.5) is 0 Å². The highest BCUT2D eigenvalue weighted by atomic mass is 16.4. The van der Waals surface area contributed by atoms with Gasteiger partial charge in [-0.1, -0.05) is 36.4 Å². The standard InChI is InChI=1S/C22H21N3O4/c1-14-5-4-8-17-19(14)23-13-24(21(17)27)11-10-18(26)25-12-9-15-6-2-3-7-16(15)20(25)22(28)29/h2-8,13,20H,9-12H2,1H3,(H,28,29). The van der Waals surface area contributed by atoms with Crippen LogP contribution in [0, 0.1) is 6.92 Å². The van der Waals surface area contributed by atoms with E-state index in [1.807, 2.05) is 25.1 Å². The minimum atomic E-state index is -1.05. The summed E-state index contributed by atoms with van der Waals surface area (Å²) in [5.74, 6) is -1.34. The third kappa shape index (κ3) is 3.40. The summed E-state index contributed by atoms with van der Waals surface area (Å²) in [7, 11) is 0. The molecule has 0 bridgehead atoms. The van der Waals surface area contributed by atoms with Crippen molar-refractivity contribution in [1.82, 2.24) is 14.5 Å². The van der Waals surface area contributed by atoms with Gasteiger partial charge in [0.1, 0.15) is 0 Å². The van der Waals surface area contributed by atoms with E-state index in [1.54, 1.807) is 24.3 Å². The van der Waals surface area contributed by atoms with Crippen LogP contribution in [0.3, 0.4) is 0 Å². The van der Waals surface area contributed by atoms with Gasteiger partial charge in [-0.25, -0.2) is 9.78 Å². The topological polar surface area (TPSA) is 92.5 Å². The molecule has 0 fully saturated rings. The highest BCUT2D eigenvalue weighted by Crippen LogP contribution is 2.30. The van der Waals surface area contributed by atoms with E-state index in [9.17, 15) is 19.5 Å². The molecule has 3 aromatic rings. The van der Waals surface area contributed by atoms with Gasteiger partial charge in [-0.15, -0.1) is 0 Å². The molecule has 0 spiro atoms. The number of fused-ring (bicyclic) bond motifs is 2. The summed E-state index contributed by atoms with van der Waals surface area (Å²) in [6.07, 6.45) is 2.10. The van der Waals surface area contributed by atoms with Crippen molar-refractivity contribution in [3.63, 3.8) is 0 Å². The maximum atomic E-state index is 12.9. The van der Waals surface area contributed by atoms with Crippen molar-refractivity contribution in [3.8, 4) is 0 Å². The number of carbonyl (C=O) groups is 2. The Morgan fingerprint density at radius 3 is 2.76 bits per heavy atom. The van der Waals surface area contributed by atoms with Crippen LogP contribution in [0.15, 0.2) is 53.6 Å². The summed E-state index contributed by atoms with van der Waals surface area (Å²) >= 11 is 0. The maximum absolute atomic E-state index is 12.9. The number of rotatable bonds is 4. The van der Waals surface area contributed by atoms with Gasteiger partial charge in [0.05, 0.1) is 17.2 Å². The lowest BCUT2D eigenvalue weighted by Gasteiger charge is -2.34. The molecular weight excluding hydrogens is 370 g/mol. The molecule has 7 nitrogen and oxygen atoms in total. The molecule has 1 amide bonds. The molecule has 1 aliphatic rings. The van der Waals surface area contributed by atoms with Crippen LogP contribution in [0.5, 0.6) is 0 Å². The number of carboxylic acid groups (broad SMARTS) is 1. The number of nitrogens with zero attached hydrogens (tertiary/aromatic N) is 3. The number of aryl methyl sites for hydroxylation is 2. The zero-order valence-corrected chi connectivity index (χ0v) is 16.0. The van der Waals surface area contributed by atoms with Gasteiger partial charge in [0.15, 0.2) is 6.04 Å². The monoisotopic (exact) mass is 391 g/mol. The van der Waals surface area contributed by atoms with E-state index in [4.69, 9.17) is 0 Å². The second-order valence-electron chi connectivity index (χ2n) is 7.24. The molecule has 7 heteroatoms. The maximum Gasteiger partial charge on any atom is 0.331 e. The molecule has 1 unspecified atom stereocenters. The van der Waals surface area contributed by atoms with Gasteiger partial charge in [-0.2, -0.15) is 0 Å². The predicted octanol–water partition coefficient (Wildman–Crippen LogP) is 2.31. The first-order valence-electron chi connectivity index (χ1n) is 9.52. The molecule has 0 saturated heterocycles. The fraction of sp³-hybridized carbons (Fsp3) is 0.273. The molecule has 1 aliphatic heterocycles. The number of carboxylic acids is 1. The zero-order chi connectivity index (χ0) is 20.5. The lowest BCUT2D eigenvalue weighted by atomic mass is 9.92. The summed E-state index contributed by atoms with van der Waals surface area (Å²) in [5.41, 5.74) is 2.97. The van der Waals surface area contributed by atoms with Gasteiger partial charge in [0.25, 0.3) is 5.56 Å². The van der Waals surface area contributed by atoms with Gasteiger partial charge in [-0.3, -0.25) is 14.2 Å². The Balaban J connectivity index is 1.56. The van der Waals surface area contributed by atoms with E-state index >= 15 is 0 Å². The number of aromatic nitrogens is 2. The molecular formula is C22H21N3O4. The molecule has 2 aromatic carbocycles. The van der Waals surface area contributed by atoms with E-state index in [0.717, 1.165) is 11.1 Å². The van der Waals surface area contributed by atoms with Crippen molar-refractivity contribution < 1.29 is 14.7 Å². The summed E-state index contributed by atoms with van der Waals surface area (Å²) in [6.45, 7) is 2.39. The van der Waals surface area contributed by atoms with E-state index < -0.39 is 12.0 Å². The lowest BCUT2D eigenvalue weighted by Crippen LogP contribution is -2.44. The third-order valence-corrected chi connectivity index (χ3v) is 5.46. The molecule has 29 heavy (non-hydrogen) atoms. The van der Waals surface area contributed by atoms with Gasteiger partial charge in [-0.05, 0) is 36.1 Å². The van der Waals surface area contributed by atoms with Crippen LogP contribution in [-0.2, 0) is 22.6 Å². The minimum Gasteiger partial charge on any atom is -0.479 e. The summed E-state index contributed by atoms with van der Waals surface area (Å²) in [5, 5.41) is 10.2. The molecule has 2 heterocycles. The predicted molar refractivity (Wildman–Crippen MR) is 108 cm³/mol. The molecule has 0 saturated carbocycles. The fourth-order valence-corrected chi connectivity index (χ4v) is 3.96. The van der Waals surface area contributed by atoms with Crippen molar-refractivity contribution >= 4 is 22.8 Å². The molecule has 1 aromatic heterocycles. The van der Waals surface area contributed by atoms with Crippen LogP contribution < -0.4 is 5.56 Å². The molecule has 148 valence electrons. The Bertz CT molecular complexity index is 1170. The van der Waals surface area contributed by atoms with E-state index in [2.05, 4.69) is 4.98 Å². The van der Waals surface area contributed by atoms with Crippen LogP contribution >= 0.6 is 0 Å². The summed E-state index contributed by atoms with van der Waals surface area (Å²) in [6, 6.07) is 11.7. The van der Waals surface area contributed by atoms with Crippen LogP contribution in [0.2, 0.25) is 0 Å². The quantitative estimate of drug-likeness (QED) is 0.737. The SMILES string of the molecule is Cc1cccc2c(=O)n(CCC(=O)N3CCc4ccccc4C3C(=O)O)cnc12. The molecule has 0 aliphatic carbocycles.